The van der Waals surface area contributed by atoms with Crippen molar-refractivity contribution in [3.8, 4) is 90.6 Å². The highest BCUT2D eigenvalue weighted by molar-refractivity contribution is 9.11. The van der Waals surface area contributed by atoms with Crippen molar-refractivity contribution in [2.75, 3.05) is 41.8 Å². The Hall–Kier alpha value is -14.1. The van der Waals surface area contributed by atoms with Gasteiger partial charge in [0, 0.05) is 184 Å². The zero-order valence-corrected chi connectivity index (χ0v) is 81.7. The Balaban J connectivity index is 0.000000110. The van der Waals surface area contributed by atoms with Crippen LogP contribution in [-0.4, -0.2) is 116 Å². The maximum atomic E-state index is 13.7. The number of nitrogens with zero attached hydrogens (tertiary/aromatic N) is 20. The highest BCUT2D eigenvalue weighted by atomic mass is 79.9. The lowest BCUT2D eigenvalue weighted by Gasteiger charge is -2.19. The van der Waals surface area contributed by atoms with Crippen molar-refractivity contribution in [3.05, 3.63) is 332 Å². The molecule has 24 rings (SSSR count). The van der Waals surface area contributed by atoms with Crippen molar-refractivity contribution >= 4 is 131 Å². The summed E-state index contributed by atoms with van der Waals surface area (Å²) in [5.74, 6) is 4.99. The molecule has 0 aliphatic carbocycles. The lowest BCUT2D eigenvalue weighted by atomic mass is 10.1. The van der Waals surface area contributed by atoms with Crippen LogP contribution in [0.2, 0.25) is 0 Å². The summed E-state index contributed by atoms with van der Waals surface area (Å²) >= 11 is 14.4. The van der Waals surface area contributed by atoms with Gasteiger partial charge in [0.05, 0.1) is 92.5 Å². The molecule has 692 valence electrons. The van der Waals surface area contributed by atoms with Crippen molar-refractivity contribution in [3.63, 3.8) is 0 Å². The van der Waals surface area contributed by atoms with Gasteiger partial charge in [-0.2, -0.15) is 0 Å². The summed E-state index contributed by atoms with van der Waals surface area (Å²) in [5.41, 5.74) is 24.3. The first-order chi connectivity index (χ1) is 67.4. The van der Waals surface area contributed by atoms with Gasteiger partial charge in [-0.25, -0.2) is 77.4 Å². The van der Waals surface area contributed by atoms with Crippen LogP contribution in [0.3, 0.4) is 0 Å². The quantitative estimate of drug-likeness (QED) is 0.0460. The van der Waals surface area contributed by atoms with Gasteiger partial charge in [0.25, 0.3) is 0 Å². The molecule has 0 fully saturated rings. The molecule has 32 heteroatoms. The van der Waals surface area contributed by atoms with Crippen molar-refractivity contribution in [1.82, 2.24) is 96.3 Å². The molecule has 0 spiro atoms. The van der Waals surface area contributed by atoms with Gasteiger partial charge in [-0.15, -0.1) is 0 Å². The number of anilines is 4. The monoisotopic (exact) mass is 2090 g/mol. The molecule has 0 bridgehead atoms. The van der Waals surface area contributed by atoms with E-state index in [1.54, 1.807) is 80.4 Å². The molecule has 5 N–H and O–H groups in total. The molecular weight excluding hydrogens is 2000 g/mol. The van der Waals surface area contributed by atoms with Crippen LogP contribution in [0.15, 0.2) is 286 Å². The fourth-order valence-electron chi connectivity index (χ4n) is 19.6. The number of hydrogen-bond donors (Lipinski definition) is 4. The van der Waals surface area contributed by atoms with Gasteiger partial charge in [0.2, 0.25) is 23.8 Å². The van der Waals surface area contributed by atoms with E-state index in [0.29, 0.717) is 23.5 Å². The average molecular weight is 2100 g/mol. The van der Waals surface area contributed by atoms with Crippen molar-refractivity contribution < 1.29 is 17.6 Å². The van der Waals surface area contributed by atoms with Crippen LogP contribution in [0.4, 0.5) is 41.4 Å². The second-order valence-electron chi connectivity index (χ2n) is 34.7. The number of aryl methyl sites for hydroxylation is 4. The number of benzene rings is 8. The summed E-state index contributed by atoms with van der Waals surface area (Å²) < 4.78 is 77.4. The third-order valence-electron chi connectivity index (χ3n) is 25.9. The van der Waals surface area contributed by atoms with E-state index in [9.17, 15) is 17.6 Å². The summed E-state index contributed by atoms with van der Waals surface area (Å²) in [7, 11) is 1.80. The fourth-order valence-corrected chi connectivity index (χ4v) is 21.0. The first kappa shape index (κ1) is 90.4. The summed E-state index contributed by atoms with van der Waals surface area (Å²) in [6.07, 6.45) is 24.0. The first-order valence-corrected chi connectivity index (χ1v) is 49.3. The molecular formula is C106H92Br4F4N24. The second kappa shape index (κ2) is 39.2. The molecule has 138 heavy (non-hydrogen) atoms. The molecule has 16 heterocycles. The highest BCUT2D eigenvalue weighted by Crippen LogP contribution is 2.47. The molecule has 0 saturated carbocycles. The molecule has 4 atom stereocenters. The summed E-state index contributed by atoms with van der Waals surface area (Å²) in [6, 6.07) is 68.5. The Morgan fingerprint density at radius 1 is 0.326 bits per heavy atom. The minimum atomic E-state index is -0.276. The van der Waals surface area contributed by atoms with Crippen LogP contribution in [0.25, 0.3) is 134 Å². The molecule has 8 aromatic carbocycles. The van der Waals surface area contributed by atoms with Gasteiger partial charge < -0.3 is 58.2 Å². The molecule has 4 aliphatic rings. The number of nitrogens with two attached hydrogens (primary N) is 1. The second-order valence-corrected chi connectivity index (χ2v) is 38.3. The number of halogens is 8. The van der Waals surface area contributed by atoms with Crippen LogP contribution in [0.1, 0.15) is 93.4 Å². The maximum absolute atomic E-state index is 13.7. The number of aromatic nitrogens is 20. The third-order valence-corrected chi connectivity index (χ3v) is 27.9. The molecule has 0 radical (unpaired) electrons. The molecule has 20 aromatic rings. The fraction of sp³-hybridized carbons (Fsp3) is 0.208. The van der Waals surface area contributed by atoms with Crippen LogP contribution in [0.5, 0.6) is 0 Å². The van der Waals surface area contributed by atoms with Gasteiger partial charge >= 0.3 is 0 Å². The van der Waals surface area contributed by atoms with Crippen LogP contribution in [0, 0.1) is 23.3 Å². The Morgan fingerprint density at radius 3 is 0.884 bits per heavy atom. The Kier molecular flexibility index (Phi) is 25.7. The SMILES string of the molecule is CCCNc1nccc(-c2c(-c3ccc(F)cc3)nc3n2C(Cn2ccc4ccc(Br)cc42)CC3)n1.CCNc1nccc(-c2c(-c3ccc(F)cc3)nc3n2C(Cn2ccc4ccc(Br)cc42)CC3)n1.CNc1nccc(-c2c(-c3ccc(F)cc3)nc3n2C(Cn2ccc4ccc(Br)cc42)CC3)n1.Nc1nccc(-c2c(-c3ccc(F)cc3)nc3n2C(Cn2ccc4ccc(Br)cc42)CC3)n1. The van der Waals surface area contributed by atoms with E-state index in [1.165, 1.54) is 92.1 Å². The van der Waals surface area contributed by atoms with E-state index in [0.717, 1.165) is 223 Å². The molecule has 0 amide bonds. The number of fused-ring (bicyclic) bond motifs is 8. The number of rotatable bonds is 22. The van der Waals surface area contributed by atoms with E-state index < -0.39 is 0 Å². The number of hydrogen-bond acceptors (Lipinski definition) is 16. The highest BCUT2D eigenvalue weighted by Gasteiger charge is 2.37. The van der Waals surface area contributed by atoms with E-state index in [2.05, 4.69) is 270 Å². The van der Waals surface area contributed by atoms with Gasteiger partial charge in [-0.3, -0.25) is 0 Å². The Bertz CT molecular complexity index is 7890. The predicted octanol–water partition coefficient (Wildman–Crippen LogP) is 25.1. The molecule has 24 nitrogen and oxygen atoms in total. The molecule has 12 aromatic heterocycles. The number of nitrogen functional groups attached to an aromatic ring is 1. The first-order valence-electron chi connectivity index (χ1n) is 46.1. The molecule has 4 unspecified atom stereocenters. The minimum Gasteiger partial charge on any atom is -0.368 e. The van der Waals surface area contributed by atoms with Crippen LogP contribution < -0.4 is 21.7 Å². The Labute approximate surface area is 825 Å². The molecule has 0 saturated heterocycles. The summed E-state index contributed by atoms with van der Waals surface area (Å²) in [4.78, 5) is 56.1. The number of nitrogens with one attached hydrogen (secondary N) is 3. The van der Waals surface area contributed by atoms with Gasteiger partial charge in [-0.1, -0.05) is 94.9 Å². The standard InChI is InChI=1S/C28H26BrFN6.C27H24BrFN6.C26H22BrFN6.C25H20BrFN6/c1-2-13-31-28-32-14-11-23(33-28)27-26(19-4-7-21(30)8-5-19)34-25-10-9-22(36(25)27)17-35-15-12-18-3-6-20(29)16-24(18)35;1-2-30-27-31-13-11-22(32-27)26-25(18-4-7-20(29)8-5-18)33-24-10-9-21(35(24)26)16-34-14-12-17-3-6-19(28)15-23(17)34;1-29-26-30-12-10-21(31-26)25-24(17-3-6-19(28)7-4-17)32-23-9-8-20(34(23)25)15-33-13-11-16-2-5-18(27)14-22(16)33;26-17-4-1-15-10-12-32(21(15)13-17)14-19-7-8-22-31-23(16-2-5-18(27)6-3-16)24(33(19)22)20-9-11-29-25(28)30-20/h3-8,11-12,14-16,22H,2,9-10,13,17H2,1H3,(H,31,32,33);3-8,11-15,21H,2,9-10,16H2,1H3,(H,30,31,32);2-7,10-14,20H,8-9,15H2,1H3,(H,29,30,31);1-6,9-13,19H,7-8,14H2,(H2,28,29,30). The van der Waals surface area contributed by atoms with Gasteiger partial charge in [-0.05, 0) is 255 Å². The zero-order chi connectivity index (χ0) is 94.3. The maximum Gasteiger partial charge on any atom is 0.223 e. The number of imidazole rings is 4. The molecule has 4 aliphatic heterocycles. The Morgan fingerprint density at radius 2 is 0.601 bits per heavy atom. The largest absolute Gasteiger partial charge is 0.368 e. The minimum absolute atomic E-state index is 0.197. The predicted molar refractivity (Wildman–Crippen MR) is 549 cm³/mol. The van der Waals surface area contributed by atoms with E-state index in [-0.39, 0.29) is 53.4 Å². The van der Waals surface area contributed by atoms with Crippen molar-refractivity contribution in [2.24, 2.45) is 0 Å². The van der Waals surface area contributed by atoms with Gasteiger partial charge in [0.1, 0.15) is 46.6 Å². The van der Waals surface area contributed by atoms with E-state index in [1.807, 2.05) is 31.2 Å². The average Bonchev–Trinajstić information content (AvgIpc) is 1.60. The summed E-state index contributed by atoms with van der Waals surface area (Å²) in [5, 5.41) is 14.4. The lowest BCUT2D eigenvalue weighted by molar-refractivity contribution is 0.459. The van der Waals surface area contributed by atoms with Gasteiger partial charge in [0.15, 0.2) is 0 Å². The topological polar surface area (TPSA) is 256 Å². The van der Waals surface area contributed by atoms with Crippen LogP contribution >= 0.6 is 63.7 Å². The van der Waals surface area contributed by atoms with E-state index in [4.69, 9.17) is 40.6 Å². The summed E-state index contributed by atoms with van der Waals surface area (Å²) in [6.45, 7) is 8.95. The zero-order valence-electron chi connectivity index (χ0n) is 75.4. The van der Waals surface area contributed by atoms with Crippen molar-refractivity contribution in [1.29, 1.82) is 0 Å². The van der Waals surface area contributed by atoms with Crippen molar-refractivity contribution in [2.45, 2.75) is 122 Å². The third kappa shape index (κ3) is 18.4. The lowest BCUT2D eigenvalue weighted by Crippen LogP contribution is -2.14. The van der Waals surface area contributed by atoms with E-state index >= 15 is 0 Å². The smallest absolute Gasteiger partial charge is 0.223 e. The van der Waals surface area contributed by atoms with Crippen LogP contribution in [-0.2, 0) is 51.9 Å². The normalized spacial score (nSPS) is 15.1.